The van der Waals surface area contributed by atoms with Crippen LogP contribution in [0.15, 0.2) is 0 Å². The topological polar surface area (TPSA) is 73.6 Å². The zero-order valence-corrected chi connectivity index (χ0v) is 12.3. The molecule has 6 heteroatoms. The van der Waals surface area contributed by atoms with E-state index < -0.39 is 0 Å². The van der Waals surface area contributed by atoms with E-state index in [1.165, 1.54) is 0 Å². The molecule has 1 fully saturated rings. The molecule has 1 aliphatic heterocycles. The van der Waals surface area contributed by atoms with Gasteiger partial charge in [-0.2, -0.15) is 5.26 Å². The van der Waals surface area contributed by atoms with Crippen molar-refractivity contribution in [2.45, 2.75) is 26.2 Å². The van der Waals surface area contributed by atoms with Crippen molar-refractivity contribution in [3.63, 3.8) is 0 Å². The molecule has 6 nitrogen and oxygen atoms in total. The first kappa shape index (κ1) is 16.4. The summed E-state index contributed by atoms with van der Waals surface area (Å²) in [5.41, 5.74) is 0. The van der Waals surface area contributed by atoms with E-state index in [0.29, 0.717) is 32.7 Å². The third kappa shape index (κ3) is 5.17. The number of rotatable bonds is 6. The number of nitrogens with zero attached hydrogens (tertiary/aromatic N) is 3. The van der Waals surface area contributed by atoms with Crippen LogP contribution in [0.3, 0.4) is 0 Å². The molecule has 0 aromatic heterocycles. The van der Waals surface area contributed by atoms with Gasteiger partial charge in [-0.25, -0.2) is 0 Å². The molecule has 0 saturated carbocycles. The Hall–Kier alpha value is -1.61. The summed E-state index contributed by atoms with van der Waals surface area (Å²) in [5.74, 6) is -0.298. The summed E-state index contributed by atoms with van der Waals surface area (Å²) in [6, 6.07) is 2.02. The lowest BCUT2D eigenvalue weighted by Gasteiger charge is -2.31. The van der Waals surface area contributed by atoms with Crippen LogP contribution in [0.5, 0.6) is 0 Å². The lowest BCUT2D eigenvalue weighted by atomic mass is 9.98. The number of piperidine rings is 1. The minimum Gasteiger partial charge on any atom is -0.466 e. The molecule has 20 heavy (non-hydrogen) atoms. The summed E-state index contributed by atoms with van der Waals surface area (Å²) in [5, 5.41) is 8.51. The first-order valence-corrected chi connectivity index (χ1v) is 7.08. The second-order valence-electron chi connectivity index (χ2n) is 5.05. The van der Waals surface area contributed by atoms with Gasteiger partial charge in [-0.15, -0.1) is 0 Å². The molecule has 0 spiro atoms. The van der Waals surface area contributed by atoms with Crippen molar-refractivity contribution in [3.8, 4) is 6.07 Å². The van der Waals surface area contributed by atoms with Gasteiger partial charge in [0, 0.05) is 20.1 Å². The fourth-order valence-corrected chi connectivity index (χ4v) is 2.31. The van der Waals surface area contributed by atoms with Crippen LogP contribution in [0, 0.1) is 17.2 Å². The molecule has 1 amide bonds. The van der Waals surface area contributed by atoms with Crippen molar-refractivity contribution in [2.75, 3.05) is 39.8 Å². The maximum atomic E-state index is 12.0. The molecule has 112 valence electrons. The Morgan fingerprint density at radius 2 is 2.25 bits per heavy atom. The zero-order valence-electron chi connectivity index (χ0n) is 12.3. The van der Waals surface area contributed by atoms with Gasteiger partial charge in [-0.1, -0.05) is 0 Å². The maximum Gasteiger partial charge on any atom is 0.310 e. The Balaban J connectivity index is 2.41. The van der Waals surface area contributed by atoms with Crippen LogP contribution in [0.2, 0.25) is 0 Å². The quantitative estimate of drug-likeness (QED) is 0.668. The van der Waals surface area contributed by atoms with E-state index in [4.69, 9.17) is 10.00 Å². The molecule has 0 bridgehead atoms. The summed E-state index contributed by atoms with van der Waals surface area (Å²) in [4.78, 5) is 27.3. The Kier molecular flexibility index (Phi) is 7.02. The molecule has 0 radical (unpaired) electrons. The lowest BCUT2D eigenvalue weighted by Crippen LogP contribution is -2.45. The van der Waals surface area contributed by atoms with E-state index in [1.807, 2.05) is 11.0 Å². The average Bonchev–Trinajstić information content (AvgIpc) is 2.45. The number of esters is 1. The Bertz CT molecular complexity index is 378. The number of hydrogen-bond donors (Lipinski definition) is 0. The Morgan fingerprint density at radius 3 is 2.90 bits per heavy atom. The van der Waals surface area contributed by atoms with Crippen molar-refractivity contribution >= 4 is 11.9 Å². The first-order chi connectivity index (χ1) is 9.58. The summed E-state index contributed by atoms with van der Waals surface area (Å²) < 4.78 is 5.04. The predicted octanol–water partition coefficient (Wildman–Crippen LogP) is 0.634. The molecule has 0 aromatic carbocycles. The second kappa shape index (κ2) is 8.54. The number of nitriles is 1. The van der Waals surface area contributed by atoms with E-state index in [-0.39, 0.29) is 17.8 Å². The SMILES string of the molecule is CCOC(=O)[C@H]1CCCN(CC(=O)N(C)CCC#N)C1. The van der Waals surface area contributed by atoms with E-state index in [2.05, 4.69) is 0 Å². The highest BCUT2D eigenvalue weighted by molar-refractivity contribution is 5.78. The van der Waals surface area contributed by atoms with Gasteiger partial charge in [0.2, 0.25) is 5.91 Å². The highest BCUT2D eigenvalue weighted by Crippen LogP contribution is 2.17. The fraction of sp³-hybridized carbons (Fsp3) is 0.786. The van der Waals surface area contributed by atoms with E-state index in [1.54, 1.807) is 18.9 Å². The van der Waals surface area contributed by atoms with Gasteiger partial charge >= 0.3 is 5.97 Å². The van der Waals surface area contributed by atoms with Crippen molar-refractivity contribution in [1.29, 1.82) is 5.26 Å². The van der Waals surface area contributed by atoms with E-state index >= 15 is 0 Å². The highest BCUT2D eigenvalue weighted by Gasteiger charge is 2.28. The summed E-state index contributed by atoms with van der Waals surface area (Å²) in [7, 11) is 1.70. The summed E-state index contributed by atoms with van der Waals surface area (Å²) >= 11 is 0. The van der Waals surface area contributed by atoms with Crippen LogP contribution in [0.4, 0.5) is 0 Å². The number of hydrogen-bond acceptors (Lipinski definition) is 5. The van der Waals surface area contributed by atoms with Gasteiger partial charge in [0.05, 0.1) is 31.6 Å². The predicted molar refractivity (Wildman–Crippen MR) is 73.7 cm³/mol. The largest absolute Gasteiger partial charge is 0.466 e. The monoisotopic (exact) mass is 281 g/mol. The van der Waals surface area contributed by atoms with Crippen LogP contribution in [0.25, 0.3) is 0 Å². The normalized spacial score (nSPS) is 19.1. The first-order valence-electron chi connectivity index (χ1n) is 7.08. The van der Waals surface area contributed by atoms with Gasteiger partial charge < -0.3 is 9.64 Å². The zero-order chi connectivity index (χ0) is 15.0. The molecule has 0 aliphatic carbocycles. The number of carbonyl (C=O) groups is 2. The van der Waals surface area contributed by atoms with Gasteiger partial charge in [0.15, 0.2) is 0 Å². The molecule has 0 N–H and O–H groups in total. The van der Waals surface area contributed by atoms with Crippen molar-refractivity contribution < 1.29 is 14.3 Å². The minimum absolute atomic E-state index is 0.00948. The van der Waals surface area contributed by atoms with Crippen LogP contribution < -0.4 is 0 Å². The van der Waals surface area contributed by atoms with Crippen molar-refractivity contribution in [1.82, 2.24) is 9.80 Å². The Labute approximate surface area is 120 Å². The smallest absolute Gasteiger partial charge is 0.310 e. The third-order valence-electron chi connectivity index (χ3n) is 3.47. The molecule has 1 atom stereocenters. The summed E-state index contributed by atoms with van der Waals surface area (Å²) in [6.45, 7) is 4.35. The van der Waals surface area contributed by atoms with Gasteiger partial charge in [-0.05, 0) is 26.3 Å². The van der Waals surface area contributed by atoms with Gasteiger partial charge in [0.25, 0.3) is 0 Å². The van der Waals surface area contributed by atoms with Crippen molar-refractivity contribution in [2.24, 2.45) is 5.92 Å². The van der Waals surface area contributed by atoms with Crippen LogP contribution in [-0.4, -0.2) is 61.5 Å². The Morgan fingerprint density at radius 1 is 1.50 bits per heavy atom. The number of likely N-dealkylation sites (tertiary alicyclic amines) is 1. The minimum atomic E-state index is -0.164. The number of likely N-dealkylation sites (N-methyl/N-ethyl adjacent to an activating group) is 1. The summed E-state index contributed by atoms with van der Waals surface area (Å²) in [6.07, 6.45) is 2.07. The number of ether oxygens (including phenoxy) is 1. The third-order valence-corrected chi connectivity index (χ3v) is 3.47. The number of amides is 1. The lowest BCUT2D eigenvalue weighted by molar-refractivity contribution is -0.150. The van der Waals surface area contributed by atoms with Gasteiger partial charge in [0.1, 0.15) is 0 Å². The van der Waals surface area contributed by atoms with Crippen LogP contribution in [-0.2, 0) is 14.3 Å². The molecular weight excluding hydrogens is 258 g/mol. The standard InChI is InChI=1S/C14H23N3O3/c1-3-20-14(19)12-6-4-9-17(10-12)11-13(18)16(2)8-5-7-15/h12H,3-6,8-11H2,1-2H3/t12-/m0/s1. The van der Waals surface area contributed by atoms with Crippen LogP contribution in [0.1, 0.15) is 26.2 Å². The molecule has 1 saturated heterocycles. The molecule has 1 rings (SSSR count). The van der Waals surface area contributed by atoms with E-state index in [9.17, 15) is 9.59 Å². The second-order valence-corrected chi connectivity index (χ2v) is 5.05. The molecule has 0 aromatic rings. The molecule has 1 aliphatic rings. The fourth-order valence-electron chi connectivity index (χ4n) is 2.31. The average molecular weight is 281 g/mol. The molecule has 0 unspecified atom stereocenters. The molecular formula is C14H23N3O3. The van der Waals surface area contributed by atoms with E-state index in [0.717, 1.165) is 19.4 Å². The van der Waals surface area contributed by atoms with Crippen molar-refractivity contribution in [3.05, 3.63) is 0 Å². The number of carbonyl (C=O) groups excluding carboxylic acids is 2. The molecule has 1 heterocycles. The van der Waals surface area contributed by atoms with Crippen LogP contribution >= 0.6 is 0 Å². The van der Waals surface area contributed by atoms with Gasteiger partial charge in [-0.3, -0.25) is 14.5 Å². The maximum absolute atomic E-state index is 12.0. The highest BCUT2D eigenvalue weighted by atomic mass is 16.5.